The monoisotopic (exact) mass is 281 g/mol. The Morgan fingerprint density at radius 2 is 2.25 bits per heavy atom. The van der Waals surface area contributed by atoms with E-state index in [-0.39, 0.29) is 11.2 Å². The lowest BCUT2D eigenvalue weighted by atomic mass is 9.94. The third kappa shape index (κ3) is 3.55. The molecule has 0 aromatic heterocycles. The van der Waals surface area contributed by atoms with Gasteiger partial charge in [-0.25, -0.2) is 9.18 Å². The van der Waals surface area contributed by atoms with E-state index in [9.17, 15) is 9.18 Å². The number of hydrogen-bond acceptors (Lipinski definition) is 3. The molecule has 0 spiro atoms. The Balaban J connectivity index is 2.11. The molecule has 1 aliphatic heterocycles. The van der Waals surface area contributed by atoms with Crippen LogP contribution in [0.3, 0.4) is 0 Å². The van der Waals surface area contributed by atoms with Crippen LogP contribution in [0.2, 0.25) is 0 Å². The fourth-order valence-corrected chi connectivity index (χ4v) is 2.73. The van der Waals surface area contributed by atoms with E-state index in [1.807, 2.05) is 0 Å². The summed E-state index contributed by atoms with van der Waals surface area (Å²) in [5.74, 6) is -1.61. The van der Waals surface area contributed by atoms with Gasteiger partial charge in [0.25, 0.3) is 0 Å². The first-order valence-corrected chi connectivity index (χ1v) is 6.72. The van der Waals surface area contributed by atoms with Crippen LogP contribution in [0.15, 0.2) is 18.2 Å². The first-order chi connectivity index (χ1) is 9.42. The van der Waals surface area contributed by atoms with Crippen LogP contribution in [0.5, 0.6) is 0 Å². The second-order valence-electron chi connectivity index (χ2n) is 5.62. The van der Waals surface area contributed by atoms with Gasteiger partial charge in [0.05, 0.1) is 11.2 Å². The molecule has 1 saturated heterocycles. The summed E-state index contributed by atoms with van der Waals surface area (Å²) >= 11 is 0. The second kappa shape index (κ2) is 5.89. The molecule has 4 nitrogen and oxygen atoms in total. The normalized spacial score (nSPS) is 23.8. The van der Waals surface area contributed by atoms with Crippen molar-refractivity contribution in [3.8, 4) is 0 Å². The van der Waals surface area contributed by atoms with E-state index >= 15 is 0 Å². The van der Waals surface area contributed by atoms with Crippen LogP contribution in [0, 0.1) is 5.82 Å². The smallest absolute Gasteiger partial charge is 0.335 e. The predicted molar refractivity (Wildman–Crippen MR) is 73.3 cm³/mol. The molecule has 1 aliphatic rings. The van der Waals surface area contributed by atoms with E-state index in [2.05, 4.69) is 11.8 Å². The average molecular weight is 281 g/mol. The summed E-state index contributed by atoms with van der Waals surface area (Å²) in [4.78, 5) is 13.1. The van der Waals surface area contributed by atoms with E-state index in [1.54, 1.807) is 7.11 Å². The molecular weight excluding hydrogens is 261 g/mol. The number of nitrogens with zero attached hydrogens (tertiary/aromatic N) is 1. The Hall–Kier alpha value is -1.46. The van der Waals surface area contributed by atoms with Crippen molar-refractivity contribution >= 4 is 5.97 Å². The van der Waals surface area contributed by atoms with Crippen molar-refractivity contribution in [3.05, 3.63) is 35.1 Å². The van der Waals surface area contributed by atoms with Crippen LogP contribution in [0.1, 0.15) is 35.7 Å². The van der Waals surface area contributed by atoms with Gasteiger partial charge >= 0.3 is 5.97 Å². The number of likely N-dealkylation sites (tertiary alicyclic amines) is 1. The molecule has 2 rings (SSSR count). The van der Waals surface area contributed by atoms with E-state index < -0.39 is 11.8 Å². The number of methoxy groups -OCH3 is 1. The summed E-state index contributed by atoms with van der Waals surface area (Å²) in [5, 5.41) is 8.96. The van der Waals surface area contributed by atoms with Gasteiger partial charge < -0.3 is 9.84 Å². The van der Waals surface area contributed by atoms with Crippen LogP contribution < -0.4 is 0 Å². The number of carboxylic acid groups (broad SMARTS) is 1. The maximum absolute atomic E-state index is 13.5. The van der Waals surface area contributed by atoms with Gasteiger partial charge in [0.2, 0.25) is 0 Å². The minimum absolute atomic E-state index is 0.00786. The minimum atomic E-state index is -1.11. The quantitative estimate of drug-likeness (QED) is 0.921. The lowest BCUT2D eigenvalue weighted by Gasteiger charge is -2.39. The van der Waals surface area contributed by atoms with Crippen molar-refractivity contribution in [2.45, 2.75) is 31.9 Å². The zero-order chi connectivity index (χ0) is 14.8. The van der Waals surface area contributed by atoms with Crippen molar-refractivity contribution in [1.82, 2.24) is 4.90 Å². The molecule has 1 fully saturated rings. The van der Waals surface area contributed by atoms with Gasteiger partial charge in [0.1, 0.15) is 5.82 Å². The predicted octanol–water partition coefficient (Wildman–Crippen LogP) is 2.52. The average Bonchev–Trinajstić information content (AvgIpc) is 2.38. The van der Waals surface area contributed by atoms with E-state index in [4.69, 9.17) is 9.84 Å². The Bertz CT molecular complexity index is 506. The second-order valence-corrected chi connectivity index (χ2v) is 5.62. The number of hydrogen-bond donors (Lipinski definition) is 1. The summed E-state index contributed by atoms with van der Waals surface area (Å²) in [5.41, 5.74) is 0.496. The van der Waals surface area contributed by atoms with Gasteiger partial charge in [-0.05, 0) is 50.1 Å². The SMILES string of the molecule is COC1(C)CCCN(Cc2cc(F)cc(C(=O)O)c2)C1. The van der Waals surface area contributed by atoms with Crippen molar-refractivity contribution in [3.63, 3.8) is 0 Å². The third-order valence-electron chi connectivity index (χ3n) is 3.84. The molecule has 0 radical (unpaired) electrons. The third-order valence-corrected chi connectivity index (χ3v) is 3.84. The van der Waals surface area contributed by atoms with E-state index in [0.29, 0.717) is 12.1 Å². The number of aromatic carboxylic acids is 1. The number of benzene rings is 1. The Kier molecular flexibility index (Phi) is 4.40. The number of ether oxygens (including phenoxy) is 1. The highest BCUT2D eigenvalue weighted by atomic mass is 19.1. The zero-order valence-electron chi connectivity index (χ0n) is 11.9. The number of halogens is 1. The standard InChI is InChI=1S/C15H20FNO3/c1-15(20-2)4-3-5-17(10-15)9-11-6-12(14(18)19)8-13(16)7-11/h6-8H,3-5,9-10H2,1-2H3,(H,18,19). The Morgan fingerprint density at radius 1 is 1.50 bits per heavy atom. The largest absolute Gasteiger partial charge is 0.478 e. The molecule has 5 heteroatoms. The van der Waals surface area contributed by atoms with Gasteiger partial charge in [-0.1, -0.05) is 0 Å². The lowest BCUT2D eigenvalue weighted by molar-refractivity contribution is -0.0527. The molecule has 1 unspecified atom stereocenters. The minimum Gasteiger partial charge on any atom is -0.478 e. The first-order valence-electron chi connectivity index (χ1n) is 6.72. The molecule has 1 aromatic carbocycles. The number of carbonyl (C=O) groups is 1. The summed E-state index contributed by atoms with van der Waals surface area (Å²) in [6.45, 7) is 4.28. The van der Waals surface area contributed by atoms with Crippen LogP contribution >= 0.6 is 0 Å². The van der Waals surface area contributed by atoms with Crippen LogP contribution in [0.4, 0.5) is 4.39 Å². The molecule has 1 aromatic rings. The molecule has 1 N–H and O–H groups in total. The van der Waals surface area contributed by atoms with Gasteiger partial charge in [0.15, 0.2) is 0 Å². The fourth-order valence-electron chi connectivity index (χ4n) is 2.73. The number of carboxylic acids is 1. The molecule has 0 amide bonds. The van der Waals surface area contributed by atoms with Gasteiger partial charge in [-0.3, -0.25) is 4.90 Å². The molecule has 0 aliphatic carbocycles. The molecule has 0 saturated carbocycles. The van der Waals surface area contributed by atoms with Crippen molar-refractivity contribution < 1.29 is 19.0 Å². The Morgan fingerprint density at radius 3 is 2.90 bits per heavy atom. The number of piperidine rings is 1. The molecule has 1 atom stereocenters. The van der Waals surface area contributed by atoms with E-state index in [0.717, 1.165) is 32.0 Å². The molecule has 1 heterocycles. The van der Waals surface area contributed by atoms with Crippen LogP contribution in [0.25, 0.3) is 0 Å². The summed E-state index contributed by atoms with van der Waals surface area (Å²) in [7, 11) is 1.70. The molecule has 20 heavy (non-hydrogen) atoms. The highest BCUT2D eigenvalue weighted by molar-refractivity contribution is 5.87. The molecular formula is C15H20FNO3. The van der Waals surface area contributed by atoms with Gasteiger partial charge in [-0.15, -0.1) is 0 Å². The maximum Gasteiger partial charge on any atom is 0.335 e. The maximum atomic E-state index is 13.5. The van der Waals surface area contributed by atoms with Crippen molar-refractivity contribution in [2.75, 3.05) is 20.2 Å². The first kappa shape index (κ1) is 14.9. The lowest BCUT2D eigenvalue weighted by Crippen LogP contribution is -2.46. The van der Waals surface area contributed by atoms with E-state index in [1.165, 1.54) is 12.1 Å². The van der Waals surface area contributed by atoms with Crippen molar-refractivity contribution in [1.29, 1.82) is 0 Å². The number of rotatable bonds is 4. The van der Waals surface area contributed by atoms with Crippen LogP contribution in [-0.4, -0.2) is 41.8 Å². The Labute approximate surface area is 118 Å². The fraction of sp³-hybridized carbons (Fsp3) is 0.533. The summed E-state index contributed by atoms with van der Waals surface area (Å²) in [6, 6.07) is 3.97. The molecule has 110 valence electrons. The molecule has 0 bridgehead atoms. The summed E-state index contributed by atoms with van der Waals surface area (Å²) in [6.07, 6.45) is 2.02. The topological polar surface area (TPSA) is 49.8 Å². The summed E-state index contributed by atoms with van der Waals surface area (Å²) < 4.78 is 19.0. The van der Waals surface area contributed by atoms with Crippen molar-refractivity contribution in [2.24, 2.45) is 0 Å². The van der Waals surface area contributed by atoms with Gasteiger partial charge in [0, 0.05) is 20.2 Å². The van der Waals surface area contributed by atoms with Gasteiger partial charge in [-0.2, -0.15) is 0 Å². The highest BCUT2D eigenvalue weighted by Crippen LogP contribution is 2.25. The van der Waals surface area contributed by atoms with Crippen LogP contribution in [-0.2, 0) is 11.3 Å². The highest BCUT2D eigenvalue weighted by Gasteiger charge is 2.30. The zero-order valence-corrected chi connectivity index (χ0v) is 11.9.